The van der Waals surface area contributed by atoms with E-state index in [0.29, 0.717) is 5.02 Å². The van der Waals surface area contributed by atoms with Crippen LogP contribution in [0.1, 0.15) is 11.1 Å². The first kappa shape index (κ1) is 11.7. The van der Waals surface area contributed by atoms with Gasteiger partial charge in [-0.05, 0) is 42.8 Å². The third kappa shape index (κ3) is 3.65. The summed E-state index contributed by atoms with van der Waals surface area (Å²) in [6.45, 7) is 2.07. The molecule has 1 nitrogen and oxygen atoms in total. The topological polar surface area (TPSA) is 9.23 Å². The van der Waals surface area contributed by atoms with Gasteiger partial charge in [0.15, 0.2) is 0 Å². The quantitative estimate of drug-likeness (QED) is 0.712. The van der Waals surface area contributed by atoms with Gasteiger partial charge in [-0.1, -0.05) is 41.4 Å². The van der Waals surface area contributed by atoms with Gasteiger partial charge >= 0.3 is 0 Å². The Morgan fingerprint density at radius 3 is 2.24 bits per heavy atom. The van der Waals surface area contributed by atoms with Gasteiger partial charge in [-0.3, -0.25) is 0 Å². The Hall–Kier alpha value is -1.73. The Balaban J connectivity index is 1.97. The summed E-state index contributed by atoms with van der Waals surface area (Å²) >= 11 is 5.78. The van der Waals surface area contributed by atoms with Crippen molar-refractivity contribution in [1.82, 2.24) is 0 Å². The largest absolute Gasteiger partial charge is 0.465 e. The van der Waals surface area contributed by atoms with Crippen LogP contribution in [0.2, 0.25) is 5.02 Å². The molecule has 2 aromatic carbocycles. The fraction of sp³-hybridized carbons (Fsp3) is 0.0667. The van der Waals surface area contributed by atoms with Crippen molar-refractivity contribution in [2.75, 3.05) is 0 Å². The number of rotatable bonds is 3. The number of ether oxygens (including phenoxy) is 1. The summed E-state index contributed by atoms with van der Waals surface area (Å²) in [5.41, 5.74) is 2.37. The minimum Gasteiger partial charge on any atom is -0.465 e. The fourth-order valence-electron chi connectivity index (χ4n) is 1.38. The molecular formula is C15H13ClO. The van der Waals surface area contributed by atoms with Crippen LogP contribution in [0.3, 0.4) is 0 Å². The molecule has 0 aliphatic heterocycles. The van der Waals surface area contributed by atoms with Gasteiger partial charge in [0.2, 0.25) is 0 Å². The molecule has 86 valence electrons. The van der Waals surface area contributed by atoms with Crippen LogP contribution in [0.5, 0.6) is 5.75 Å². The second kappa shape index (κ2) is 5.55. The normalized spacial score (nSPS) is 10.7. The maximum absolute atomic E-state index is 5.78. The van der Waals surface area contributed by atoms with E-state index in [1.165, 1.54) is 5.56 Å². The van der Waals surface area contributed by atoms with Gasteiger partial charge < -0.3 is 4.74 Å². The summed E-state index contributed by atoms with van der Waals surface area (Å²) < 4.78 is 5.46. The molecule has 0 saturated heterocycles. The van der Waals surface area contributed by atoms with Gasteiger partial charge in [-0.25, -0.2) is 0 Å². The van der Waals surface area contributed by atoms with E-state index in [9.17, 15) is 0 Å². The van der Waals surface area contributed by atoms with Crippen LogP contribution >= 0.6 is 11.6 Å². The molecule has 0 heterocycles. The van der Waals surface area contributed by atoms with Crippen LogP contribution in [0.15, 0.2) is 54.8 Å². The van der Waals surface area contributed by atoms with Crippen LogP contribution in [0.4, 0.5) is 0 Å². The summed E-state index contributed by atoms with van der Waals surface area (Å²) in [6, 6.07) is 15.5. The third-order valence-electron chi connectivity index (χ3n) is 2.36. The van der Waals surface area contributed by atoms with Gasteiger partial charge in [-0.15, -0.1) is 0 Å². The van der Waals surface area contributed by atoms with E-state index in [-0.39, 0.29) is 0 Å². The van der Waals surface area contributed by atoms with Crippen molar-refractivity contribution in [3.05, 3.63) is 70.9 Å². The Morgan fingerprint density at radius 1 is 0.941 bits per heavy atom. The molecule has 0 spiro atoms. The zero-order valence-electron chi connectivity index (χ0n) is 9.56. The number of aryl methyl sites for hydroxylation is 1. The van der Waals surface area contributed by atoms with Crippen molar-refractivity contribution in [3.63, 3.8) is 0 Å². The van der Waals surface area contributed by atoms with E-state index in [2.05, 4.69) is 31.2 Å². The minimum atomic E-state index is 0.708. The summed E-state index contributed by atoms with van der Waals surface area (Å²) in [7, 11) is 0. The molecule has 0 aliphatic rings. The maximum atomic E-state index is 5.78. The lowest BCUT2D eigenvalue weighted by Crippen LogP contribution is -1.81. The van der Waals surface area contributed by atoms with Crippen molar-refractivity contribution in [2.24, 2.45) is 0 Å². The van der Waals surface area contributed by atoms with E-state index in [4.69, 9.17) is 16.3 Å². The van der Waals surface area contributed by atoms with Crippen molar-refractivity contribution < 1.29 is 4.74 Å². The van der Waals surface area contributed by atoms with Crippen molar-refractivity contribution in [2.45, 2.75) is 6.92 Å². The van der Waals surface area contributed by atoms with Crippen molar-refractivity contribution in [1.29, 1.82) is 0 Å². The average molecular weight is 245 g/mol. The van der Waals surface area contributed by atoms with Crippen LogP contribution in [-0.4, -0.2) is 0 Å². The number of hydrogen-bond acceptors (Lipinski definition) is 1. The molecule has 0 fully saturated rings. The van der Waals surface area contributed by atoms with Gasteiger partial charge in [0, 0.05) is 5.02 Å². The van der Waals surface area contributed by atoms with Gasteiger partial charge in [0.25, 0.3) is 0 Å². The Bertz CT molecular complexity index is 497. The standard InChI is InChI=1S/C15H13ClO/c1-12-2-4-13(5-3-12)10-11-17-15-8-6-14(16)7-9-15/h2-11H,1H3/b11-10+. The smallest absolute Gasteiger partial charge is 0.126 e. The monoisotopic (exact) mass is 244 g/mol. The zero-order chi connectivity index (χ0) is 12.1. The van der Waals surface area contributed by atoms with Gasteiger partial charge in [-0.2, -0.15) is 0 Å². The Morgan fingerprint density at radius 2 is 1.59 bits per heavy atom. The molecule has 2 aromatic rings. The molecule has 0 radical (unpaired) electrons. The highest BCUT2D eigenvalue weighted by Crippen LogP contribution is 2.16. The van der Waals surface area contributed by atoms with Gasteiger partial charge in [0.1, 0.15) is 5.75 Å². The molecule has 0 amide bonds. The van der Waals surface area contributed by atoms with Crippen LogP contribution in [-0.2, 0) is 0 Å². The lowest BCUT2D eigenvalue weighted by atomic mass is 10.1. The second-order valence-electron chi connectivity index (χ2n) is 3.79. The maximum Gasteiger partial charge on any atom is 0.126 e. The van der Waals surface area contributed by atoms with E-state index in [0.717, 1.165) is 11.3 Å². The highest BCUT2D eigenvalue weighted by Gasteiger charge is 1.91. The predicted octanol–water partition coefficient (Wildman–Crippen LogP) is 4.70. The lowest BCUT2D eigenvalue weighted by molar-refractivity contribution is 0.485. The molecule has 0 atom stereocenters. The van der Waals surface area contributed by atoms with Crippen molar-refractivity contribution >= 4 is 17.7 Å². The molecule has 0 unspecified atom stereocenters. The molecule has 0 saturated carbocycles. The molecule has 0 N–H and O–H groups in total. The van der Waals surface area contributed by atoms with Crippen LogP contribution < -0.4 is 4.74 Å². The summed E-state index contributed by atoms with van der Waals surface area (Å²) in [5.74, 6) is 0.776. The zero-order valence-corrected chi connectivity index (χ0v) is 10.3. The van der Waals surface area contributed by atoms with E-state index < -0.39 is 0 Å². The fourth-order valence-corrected chi connectivity index (χ4v) is 1.51. The lowest BCUT2D eigenvalue weighted by Gasteiger charge is -1.99. The molecule has 17 heavy (non-hydrogen) atoms. The van der Waals surface area contributed by atoms with E-state index in [1.54, 1.807) is 18.4 Å². The molecule has 0 aromatic heterocycles. The Labute approximate surface area is 106 Å². The molecule has 2 heteroatoms. The summed E-state index contributed by atoms with van der Waals surface area (Å²) in [4.78, 5) is 0. The SMILES string of the molecule is Cc1ccc(/C=C/Oc2ccc(Cl)cc2)cc1. The third-order valence-corrected chi connectivity index (χ3v) is 2.61. The second-order valence-corrected chi connectivity index (χ2v) is 4.22. The highest BCUT2D eigenvalue weighted by molar-refractivity contribution is 6.30. The number of halogens is 1. The van der Waals surface area contributed by atoms with Crippen LogP contribution in [0, 0.1) is 6.92 Å². The minimum absolute atomic E-state index is 0.708. The molecule has 0 aliphatic carbocycles. The van der Waals surface area contributed by atoms with Crippen LogP contribution in [0.25, 0.3) is 6.08 Å². The number of benzene rings is 2. The first-order valence-electron chi connectivity index (χ1n) is 5.39. The highest BCUT2D eigenvalue weighted by atomic mass is 35.5. The number of hydrogen-bond donors (Lipinski definition) is 0. The molecule has 2 rings (SSSR count). The average Bonchev–Trinajstić information content (AvgIpc) is 2.34. The first-order chi connectivity index (χ1) is 8.24. The molecule has 0 bridgehead atoms. The predicted molar refractivity (Wildman–Crippen MR) is 72.3 cm³/mol. The van der Waals surface area contributed by atoms with E-state index >= 15 is 0 Å². The first-order valence-corrected chi connectivity index (χ1v) is 5.77. The summed E-state index contributed by atoms with van der Waals surface area (Å²) in [5, 5.41) is 0.708. The Kier molecular flexibility index (Phi) is 3.84. The van der Waals surface area contributed by atoms with Crippen molar-refractivity contribution in [3.8, 4) is 5.75 Å². The summed E-state index contributed by atoms with van der Waals surface area (Å²) in [6.07, 6.45) is 3.60. The molecular weight excluding hydrogens is 232 g/mol. The van der Waals surface area contributed by atoms with Gasteiger partial charge in [0.05, 0.1) is 6.26 Å². The van der Waals surface area contributed by atoms with E-state index in [1.807, 2.05) is 18.2 Å².